The van der Waals surface area contributed by atoms with Gasteiger partial charge in [0.15, 0.2) is 0 Å². The van der Waals surface area contributed by atoms with E-state index in [1.165, 1.54) is 36.0 Å². The summed E-state index contributed by atoms with van der Waals surface area (Å²) in [6, 6.07) is 3.17. The van der Waals surface area contributed by atoms with E-state index in [9.17, 15) is 19.1 Å². The molecular formula is C15H13ClFNO3S3. The minimum Gasteiger partial charge on any atom is -0.480 e. The first-order chi connectivity index (χ1) is 11.4. The van der Waals surface area contributed by atoms with Gasteiger partial charge in [-0.15, -0.1) is 0 Å². The third-order valence-corrected chi connectivity index (χ3v) is 5.59. The molecule has 1 saturated heterocycles. The lowest BCUT2D eigenvalue weighted by atomic mass is 10.1. The van der Waals surface area contributed by atoms with Crippen molar-refractivity contribution < 1.29 is 19.1 Å². The van der Waals surface area contributed by atoms with E-state index in [1.807, 2.05) is 6.26 Å². The van der Waals surface area contributed by atoms with Gasteiger partial charge in [0.2, 0.25) is 0 Å². The maximum Gasteiger partial charge on any atom is 0.326 e. The topological polar surface area (TPSA) is 57.6 Å². The van der Waals surface area contributed by atoms with Crippen LogP contribution < -0.4 is 0 Å². The predicted octanol–water partition coefficient (Wildman–Crippen LogP) is 3.89. The number of rotatable bonds is 6. The van der Waals surface area contributed by atoms with E-state index in [1.54, 1.807) is 0 Å². The highest BCUT2D eigenvalue weighted by Gasteiger charge is 2.40. The van der Waals surface area contributed by atoms with Gasteiger partial charge in [-0.3, -0.25) is 9.69 Å². The van der Waals surface area contributed by atoms with Gasteiger partial charge in [0, 0.05) is 5.56 Å². The molecule has 128 valence electrons. The van der Waals surface area contributed by atoms with Crippen LogP contribution >= 0.6 is 47.3 Å². The number of carbonyl (C=O) groups excluding carboxylic acids is 1. The Morgan fingerprint density at radius 1 is 1.58 bits per heavy atom. The Balaban J connectivity index is 2.34. The Kier molecular flexibility index (Phi) is 6.68. The number of carboxylic acid groups (broad SMARTS) is 1. The van der Waals surface area contributed by atoms with Crippen LogP contribution in [-0.4, -0.2) is 44.3 Å². The maximum atomic E-state index is 13.9. The van der Waals surface area contributed by atoms with Crippen LogP contribution in [-0.2, 0) is 9.59 Å². The molecule has 0 bridgehead atoms. The molecule has 0 radical (unpaired) electrons. The van der Waals surface area contributed by atoms with Crippen molar-refractivity contribution in [3.05, 3.63) is 39.5 Å². The summed E-state index contributed by atoms with van der Waals surface area (Å²) >= 11 is 13.5. The highest BCUT2D eigenvalue weighted by Crippen LogP contribution is 2.36. The molecule has 1 N–H and O–H groups in total. The van der Waals surface area contributed by atoms with Crippen LogP contribution in [0.2, 0.25) is 5.02 Å². The molecule has 0 aromatic heterocycles. The van der Waals surface area contributed by atoms with E-state index in [-0.39, 0.29) is 26.2 Å². The number of thiocarbonyl (C=S) groups is 1. The molecule has 1 atom stereocenters. The number of halogens is 2. The molecule has 1 aromatic rings. The summed E-state index contributed by atoms with van der Waals surface area (Å²) in [5, 5.41) is 9.55. The molecule has 1 fully saturated rings. The second-order valence-corrected chi connectivity index (χ2v) is 7.89. The number of hydrogen-bond acceptors (Lipinski definition) is 5. The number of amides is 1. The van der Waals surface area contributed by atoms with Crippen LogP contribution in [0.4, 0.5) is 4.39 Å². The standard InChI is InChI=1S/C15H13ClFNO3S3/c1-23-6-5-11(14(20)21)18-13(19)12(24-15(18)22)7-8-9(16)3-2-4-10(8)17/h2-4,7,11H,5-6H2,1H3,(H,20,21)/b12-7-/t11-/m1/s1. The Labute approximate surface area is 157 Å². The van der Waals surface area contributed by atoms with Crippen molar-refractivity contribution in [1.29, 1.82) is 0 Å². The lowest BCUT2D eigenvalue weighted by molar-refractivity contribution is -0.145. The third-order valence-electron chi connectivity index (χ3n) is 3.29. The number of aliphatic carboxylic acids is 1. The quantitative estimate of drug-likeness (QED) is 0.572. The fraction of sp³-hybridized carbons (Fsp3) is 0.267. The maximum absolute atomic E-state index is 13.9. The number of benzene rings is 1. The second kappa shape index (κ2) is 8.33. The van der Waals surface area contributed by atoms with Gasteiger partial charge in [-0.2, -0.15) is 11.8 Å². The summed E-state index contributed by atoms with van der Waals surface area (Å²) in [6.07, 6.45) is 3.43. The van der Waals surface area contributed by atoms with Gasteiger partial charge in [0.1, 0.15) is 16.2 Å². The minimum absolute atomic E-state index is 0.0793. The molecule has 1 amide bonds. The van der Waals surface area contributed by atoms with Gasteiger partial charge < -0.3 is 5.11 Å². The summed E-state index contributed by atoms with van der Waals surface area (Å²) in [5.74, 6) is -1.65. The first-order valence-corrected chi connectivity index (χ1v) is 9.79. The number of carbonyl (C=O) groups is 2. The van der Waals surface area contributed by atoms with Crippen LogP contribution in [0.15, 0.2) is 23.1 Å². The van der Waals surface area contributed by atoms with Crippen molar-refractivity contribution in [3.63, 3.8) is 0 Å². The molecule has 0 spiro atoms. The van der Waals surface area contributed by atoms with E-state index in [4.69, 9.17) is 23.8 Å². The molecule has 1 heterocycles. The Morgan fingerprint density at radius 2 is 2.29 bits per heavy atom. The molecule has 1 aliphatic heterocycles. The molecule has 4 nitrogen and oxygen atoms in total. The zero-order valence-corrected chi connectivity index (χ0v) is 15.7. The highest BCUT2D eigenvalue weighted by molar-refractivity contribution is 8.26. The zero-order valence-electron chi connectivity index (χ0n) is 12.5. The van der Waals surface area contributed by atoms with Crippen LogP contribution in [0.25, 0.3) is 6.08 Å². The van der Waals surface area contributed by atoms with E-state index in [0.717, 1.165) is 16.7 Å². The van der Waals surface area contributed by atoms with Gasteiger partial charge in [0.05, 0.1) is 9.93 Å². The first kappa shape index (κ1) is 19.2. The summed E-state index contributed by atoms with van der Waals surface area (Å²) in [7, 11) is 0. The molecule has 24 heavy (non-hydrogen) atoms. The van der Waals surface area contributed by atoms with Crippen LogP contribution in [0.3, 0.4) is 0 Å². The van der Waals surface area contributed by atoms with Crippen molar-refractivity contribution in [2.24, 2.45) is 0 Å². The van der Waals surface area contributed by atoms with Gasteiger partial charge in [-0.1, -0.05) is 41.6 Å². The monoisotopic (exact) mass is 405 g/mol. The summed E-state index contributed by atoms with van der Waals surface area (Å²) in [6.45, 7) is 0. The van der Waals surface area contributed by atoms with Crippen molar-refractivity contribution in [2.45, 2.75) is 12.5 Å². The van der Waals surface area contributed by atoms with Crippen molar-refractivity contribution in [2.75, 3.05) is 12.0 Å². The van der Waals surface area contributed by atoms with Crippen LogP contribution in [0, 0.1) is 5.82 Å². The first-order valence-electron chi connectivity index (χ1n) is 6.79. The SMILES string of the molecule is CSCC[C@H](C(=O)O)N1C(=O)/C(=C/c2c(F)cccc2Cl)SC1=S. The third kappa shape index (κ3) is 4.11. The minimum atomic E-state index is -1.12. The molecule has 0 unspecified atom stereocenters. The van der Waals surface area contributed by atoms with Crippen molar-refractivity contribution in [1.82, 2.24) is 4.90 Å². The largest absolute Gasteiger partial charge is 0.480 e. The number of carboxylic acids is 1. The smallest absolute Gasteiger partial charge is 0.326 e. The fourth-order valence-corrected chi connectivity index (χ4v) is 4.14. The van der Waals surface area contributed by atoms with Gasteiger partial charge in [-0.05, 0) is 36.6 Å². The number of thioether (sulfide) groups is 2. The van der Waals surface area contributed by atoms with E-state index in [2.05, 4.69) is 0 Å². The molecule has 9 heteroatoms. The highest BCUT2D eigenvalue weighted by atomic mass is 35.5. The van der Waals surface area contributed by atoms with E-state index < -0.39 is 23.7 Å². The molecular weight excluding hydrogens is 393 g/mol. The van der Waals surface area contributed by atoms with Crippen LogP contribution in [0.1, 0.15) is 12.0 Å². The number of nitrogens with zero attached hydrogens (tertiary/aromatic N) is 1. The molecule has 2 rings (SSSR count). The van der Waals surface area contributed by atoms with E-state index in [0.29, 0.717) is 5.75 Å². The van der Waals surface area contributed by atoms with Gasteiger partial charge >= 0.3 is 5.97 Å². The lowest BCUT2D eigenvalue weighted by Gasteiger charge is -2.22. The average molecular weight is 406 g/mol. The molecule has 1 aliphatic rings. The van der Waals surface area contributed by atoms with Gasteiger partial charge in [-0.25, -0.2) is 9.18 Å². The molecule has 0 aliphatic carbocycles. The number of hydrogen-bond donors (Lipinski definition) is 1. The second-order valence-electron chi connectivity index (χ2n) is 4.82. The average Bonchev–Trinajstić information content (AvgIpc) is 2.79. The molecule has 1 aromatic carbocycles. The summed E-state index contributed by atoms with van der Waals surface area (Å²) in [4.78, 5) is 25.3. The molecule has 0 saturated carbocycles. The predicted molar refractivity (Wildman–Crippen MR) is 101 cm³/mol. The Bertz CT molecular complexity index is 706. The summed E-state index contributed by atoms with van der Waals surface area (Å²) in [5.41, 5.74) is 0.0793. The van der Waals surface area contributed by atoms with E-state index >= 15 is 0 Å². The Morgan fingerprint density at radius 3 is 2.88 bits per heavy atom. The zero-order chi connectivity index (χ0) is 17.9. The lowest BCUT2D eigenvalue weighted by Crippen LogP contribution is -2.44. The van der Waals surface area contributed by atoms with Gasteiger partial charge in [0.25, 0.3) is 5.91 Å². The Hall–Kier alpha value is -1.09. The van der Waals surface area contributed by atoms with Crippen molar-refractivity contribution >= 4 is 69.6 Å². The van der Waals surface area contributed by atoms with Crippen LogP contribution in [0.5, 0.6) is 0 Å². The fourth-order valence-electron chi connectivity index (χ4n) is 2.12. The van der Waals surface area contributed by atoms with Crippen molar-refractivity contribution in [3.8, 4) is 0 Å². The summed E-state index contributed by atoms with van der Waals surface area (Å²) < 4.78 is 14.0. The normalized spacial score (nSPS) is 17.6.